The average Bonchev–Trinajstić information content (AvgIpc) is 3.84. The summed E-state index contributed by atoms with van der Waals surface area (Å²) in [7, 11) is 0. The van der Waals surface area contributed by atoms with Crippen molar-refractivity contribution in [3.05, 3.63) is 73.2 Å². The topological polar surface area (TPSA) is 376 Å². The number of aliphatic carboxylic acids is 8. The van der Waals surface area contributed by atoms with Crippen molar-refractivity contribution in [2.75, 3.05) is 0 Å². The highest BCUT2D eigenvalue weighted by Gasteiger charge is 2.28. The van der Waals surface area contributed by atoms with Crippen LogP contribution in [0.2, 0.25) is 0 Å². The average molecular weight is 847 g/mol. The maximum atomic E-state index is 14.8. The zero-order chi connectivity index (χ0) is 44.9. The first-order chi connectivity index (χ1) is 28.7. The number of carbonyl (C=O) groups is 8. The van der Waals surface area contributed by atoms with E-state index in [0.29, 0.717) is 0 Å². The lowest BCUT2D eigenvalue weighted by molar-refractivity contribution is -0.138. The molecular weight excluding hydrogens is 808 g/mol. The van der Waals surface area contributed by atoms with Crippen molar-refractivity contribution in [2.24, 2.45) is 0 Å². The number of fused-ring (bicyclic) bond motifs is 8. The summed E-state index contributed by atoms with van der Waals surface area (Å²) in [6.07, 6.45) is -6.81. The van der Waals surface area contributed by atoms with Crippen molar-refractivity contribution in [1.29, 1.82) is 0 Å². The van der Waals surface area contributed by atoms with Crippen molar-refractivity contribution in [3.8, 4) is 0 Å². The minimum Gasteiger partial charge on any atom is -0.481 e. The van der Waals surface area contributed by atoms with Gasteiger partial charge >= 0.3 is 47.8 Å². The lowest BCUT2D eigenvalue weighted by Crippen LogP contribution is -2.12. The van der Waals surface area contributed by atoms with E-state index in [1.54, 1.807) is 0 Å². The normalized spacial score (nSPS) is 11.8. The number of carboxylic acids is 8. The number of nitrogens with one attached hydrogen (secondary N) is 3. The Hall–Kier alpha value is -7.84. The second-order valence-corrected chi connectivity index (χ2v) is 14.1. The van der Waals surface area contributed by atoms with Crippen LogP contribution in [0.4, 0.5) is 0 Å². The number of allylic oxidation sites excluding steroid dienone is 1. The number of aryl methyl sites for hydroxylation is 3. The molecule has 4 aromatic rings. The summed E-state index contributed by atoms with van der Waals surface area (Å²) in [5.41, 5.74) is -2.38. The predicted molar refractivity (Wildman–Crippen MR) is 210 cm³/mol. The Morgan fingerprint density at radius 2 is 0.770 bits per heavy atom. The third-order valence-corrected chi connectivity index (χ3v) is 9.98. The summed E-state index contributed by atoms with van der Waals surface area (Å²) in [4.78, 5) is 125. The molecule has 0 radical (unpaired) electrons. The molecule has 0 saturated heterocycles. The van der Waals surface area contributed by atoms with Crippen molar-refractivity contribution in [3.63, 3.8) is 0 Å². The first kappa shape index (κ1) is 44.3. The summed E-state index contributed by atoms with van der Waals surface area (Å²) < 4.78 is 0. The van der Waals surface area contributed by atoms with Crippen molar-refractivity contribution in [2.45, 2.75) is 77.0 Å². The zero-order valence-electron chi connectivity index (χ0n) is 31.9. The Morgan fingerprint density at radius 3 is 1.20 bits per heavy atom. The van der Waals surface area contributed by atoms with E-state index in [0.717, 1.165) is 0 Å². The standard InChI is InChI=1S/C40H38N4O17/c45-30(46)5-1-16-20(9-34(53)54)27-14-25-17(2-6-31(47)48)21(10-35(55)56)28(42-25)15-29-22(11-36(57)58)19(4-8-33(51)52)38(44-29)40(61)39-23(12-37(59)60)18(3-7-32(49)50)26(43-39)13-24(16)41-27/h13-15,41-43H,1-12H2,(H,45,46)(H,47,48)(H,49,50)(H,51,52)(H,53,54)(H,55,56)(H,57,58)(H,59,60). The third-order valence-electron chi connectivity index (χ3n) is 9.98. The molecule has 0 saturated carbocycles. The first-order valence-electron chi connectivity index (χ1n) is 18.5. The minimum atomic E-state index is -1.46. The molecule has 4 aromatic heterocycles. The maximum absolute atomic E-state index is 14.8. The molecule has 0 amide bonds. The van der Waals surface area contributed by atoms with Crippen LogP contribution in [0.3, 0.4) is 0 Å². The van der Waals surface area contributed by atoms with Crippen molar-refractivity contribution in [1.82, 2.24) is 19.9 Å². The molecule has 0 unspecified atom stereocenters. The highest BCUT2D eigenvalue weighted by atomic mass is 16.4. The zero-order valence-corrected chi connectivity index (χ0v) is 31.9. The molecule has 21 heteroatoms. The van der Waals surface area contributed by atoms with E-state index in [4.69, 9.17) is 0 Å². The Morgan fingerprint density at radius 1 is 0.410 bits per heavy atom. The van der Waals surface area contributed by atoms with Gasteiger partial charge in [-0.3, -0.25) is 43.2 Å². The Balaban J connectivity index is 2.16. The van der Waals surface area contributed by atoms with Crippen LogP contribution in [0.1, 0.15) is 83.3 Å². The second-order valence-electron chi connectivity index (χ2n) is 14.1. The van der Waals surface area contributed by atoms with Gasteiger partial charge in [0.2, 0.25) is 5.43 Å². The fraction of sp³-hybridized carbons (Fsp3) is 0.300. The summed E-state index contributed by atoms with van der Waals surface area (Å²) in [6, 6.07) is 3.87. The van der Waals surface area contributed by atoms with Crippen LogP contribution in [0.15, 0.2) is 23.0 Å². The molecule has 21 nitrogen and oxygen atoms in total. The number of hydrogen-bond donors (Lipinski definition) is 11. The van der Waals surface area contributed by atoms with E-state index in [-0.39, 0.29) is 97.1 Å². The van der Waals surface area contributed by atoms with E-state index >= 15 is 0 Å². The summed E-state index contributed by atoms with van der Waals surface area (Å²) in [6.45, 7) is 0. The Bertz CT molecular complexity index is 2770. The summed E-state index contributed by atoms with van der Waals surface area (Å²) in [5.74, 6) is -10.8. The van der Waals surface area contributed by atoms with Gasteiger partial charge in [0.1, 0.15) is 5.69 Å². The van der Waals surface area contributed by atoms with Crippen LogP contribution in [-0.2, 0) is 76.9 Å². The number of rotatable bonds is 20. The van der Waals surface area contributed by atoms with Gasteiger partial charge in [-0.15, -0.1) is 0 Å². The summed E-state index contributed by atoms with van der Waals surface area (Å²) >= 11 is 0. The number of nitrogens with zero attached hydrogens (tertiary/aromatic N) is 1. The lowest BCUT2D eigenvalue weighted by Gasteiger charge is -2.05. The molecule has 5 rings (SSSR count). The molecule has 0 atom stereocenters. The fourth-order valence-corrected chi connectivity index (χ4v) is 7.51. The predicted octanol–water partition coefficient (Wildman–Crippen LogP) is 3.07. The maximum Gasteiger partial charge on any atom is 0.307 e. The second kappa shape index (κ2) is 18.4. The first-order valence-corrected chi connectivity index (χ1v) is 18.5. The number of aromatic amines is 3. The van der Waals surface area contributed by atoms with E-state index in [1.807, 2.05) is 0 Å². The number of aromatic nitrogens is 4. The number of H-pyrrole nitrogens is 3. The molecular formula is C40H38N4O17. The van der Waals surface area contributed by atoms with Crippen LogP contribution < -0.4 is 5.43 Å². The molecule has 11 N–H and O–H groups in total. The van der Waals surface area contributed by atoms with Crippen LogP contribution in [0.5, 0.6) is 0 Å². The van der Waals surface area contributed by atoms with Gasteiger partial charge in [-0.1, -0.05) is 0 Å². The van der Waals surface area contributed by atoms with Crippen LogP contribution in [0.25, 0.3) is 44.2 Å². The van der Waals surface area contributed by atoms with E-state index in [9.17, 15) is 84.0 Å². The fourth-order valence-electron chi connectivity index (χ4n) is 7.51. The molecule has 0 aliphatic carbocycles. The lowest BCUT2D eigenvalue weighted by atomic mass is 9.96. The number of carboxylic acid groups (broad SMARTS) is 8. The monoisotopic (exact) mass is 846 g/mol. The van der Waals surface area contributed by atoms with E-state index < -0.39 is 122 Å². The van der Waals surface area contributed by atoms with Gasteiger partial charge in [0, 0.05) is 53.3 Å². The van der Waals surface area contributed by atoms with Gasteiger partial charge in [0.05, 0.1) is 36.9 Å². The Kier molecular flexibility index (Phi) is 13.3. The highest BCUT2D eigenvalue weighted by molar-refractivity contribution is 6.00. The van der Waals surface area contributed by atoms with Gasteiger partial charge in [-0.05, 0) is 88.4 Å². The van der Waals surface area contributed by atoms with Gasteiger partial charge in [0.15, 0.2) is 0 Å². The van der Waals surface area contributed by atoms with Gasteiger partial charge in [0.25, 0.3) is 0 Å². The molecule has 61 heavy (non-hydrogen) atoms. The van der Waals surface area contributed by atoms with Gasteiger partial charge < -0.3 is 55.8 Å². The SMILES string of the molecule is O=C(O)CCC1=C(CC(=O)O)c2cc3[nH]c(cc4[nH]c(cc5[nH]c(c(CC(=O)O)c5CCC(=O)O)c(=O)c1n2)c(CCC(=O)O)c4CC(=O)O)c(CCC(=O)O)c3CC(=O)O. The van der Waals surface area contributed by atoms with Gasteiger partial charge in [-0.2, -0.15) is 0 Å². The number of hydrogen-bond acceptors (Lipinski definition) is 10. The van der Waals surface area contributed by atoms with Crippen LogP contribution in [-0.4, -0.2) is 109 Å². The molecule has 1 aliphatic rings. The molecule has 1 aliphatic heterocycles. The molecule has 8 bridgehead atoms. The van der Waals surface area contributed by atoms with Gasteiger partial charge in [-0.25, -0.2) is 4.98 Å². The smallest absolute Gasteiger partial charge is 0.307 e. The van der Waals surface area contributed by atoms with E-state index in [2.05, 4.69) is 19.9 Å². The quantitative estimate of drug-likeness (QED) is 0.0608. The molecule has 0 spiro atoms. The Labute approximate surface area is 341 Å². The largest absolute Gasteiger partial charge is 0.481 e. The molecule has 0 fully saturated rings. The summed E-state index contributed by atoms with van der Waals surface area (Å²) in [5, 5.41) is 78.6. The molecule has 5 heterocycles. The molecule has 0 aromatic carbocycles. The van der Waals surface area contributed by atoms with Crippen molar-refractivity contribution >= 4 is 92.0 Å². The van der Waals surface area contributed by atoms with Crippen LogP contribution in [0, 0.1) is 0 Å². The third kappa shape index (κ3) is 10.4. The van der Waals surface area contributed by atoms with Crippen molar-refractivity contribution < 1.29 is 79.2 Å². The minimum absolute atomic E-state index is 0.00168. The van der Waals surface area contributed by atoms with Crippen LogP contribution >= 0.6 is 0 Å². The molecule has 320 valence electrons. The van der Waals surface area contributed by atoms with E-state index in [1.165, 1.54) is 18.2 Å². The highest BCUT2D eigenvalue weighted by Crippen LogP contribution is 2.36.